The van der Waals surface area contributed by atoms with Crippen molar-refractivity contribution < 1.29 is 14.3 Å². The fourth-order valence-corrected chi connectivity index (χ4v) is 2.82. The van der Waals surface area contributed by atoms with Crippen LogP contribution < -0.4 is 5.32 Å². The number of amides is 1. The molecule has 5 heteroatoms. The van der Waals surface area contributed by atoms with Crippen molar-refractivity contribution in [3.8, 4) is 0 Å². The first-order valence-electron chi connectivity index (χ1n) is 7.51. The SMILES string of the molecule is O=C(NCC(O)c1ccc(F)cc1)C1CC1c1ccc(Cl)cc1. The zero-order valence-corrected chi connectivity index (χ0v) is 13.1. The molecule has 3 nitrogen and oxygen atoms in total. The summed E-state index contributed by atoms with van der Waals surface area (Å²) in [5, 5.41) is 13.5. The van der Waals surface area contributed by atoms with Gasteiger partial charge < -0.3 is 10.4 Å². The molecular formula is C18H17ClFNO2. The number of rotatable bonds is 5. The number of aliphatic hydroxyl groups excluding tert-OH is 1. The van der Waals surface area contributed by atoms with Crippen LogP contribution in [0.2, 0.25) is 5.02 Å². The summed E-state index contributed by atoms with van der Waals surface area (Å²) in [6.07, 6.45) is -0.0348. The predicted molar refractivity (Wildman–Crippen MR) is 86.7 cm³/mol. The van der Waals surface area contributed by atoms with Gasteiger partial charge in [-0.15, -0.1) is 0 Å². The normalized spacial score (nSPS) is 20.8. The number of hydrogen-bond donors (Lipinski definition) is 2. The van der Waals surface area contributed by atoms with Gasteiger partial charge in [-0.2, -0.15) is 0 Å². The number of hydrogen-bond acceptors (Lipinski definition) is 2. The summed E-state index contributed by atoms with van der Waals surface area (Å²) in [5.41, 5.74) is 1.69. The molecule has 1 aliphatic carbocycles. The van der Waals surface area contributed by atoms with Crippen molar-refractivity contribution in [2.24, 2.45) is 5.92 Å². The minimum atomic E-state index is -0.840. The van der Waals surface area contributed by atoms with E-state index in [0.29, 0.717) is 10.6 Å². The van der Waals surface area contributed by atoms with E-state index >= 15 is 0 Å². The largest absolute Gasteiger partial charge is 0.387 e. The van der Waals surface area contributed by atoms with Gasteiger partial charge in [0.2, 0.25) is 5.91 Å². The van der Waals surface area contributed by atoms with Gasteiger partial charge in [-0.25, -0.2) is 4.39 Å². The van der Waals surface area contributed by atoms with Crippen molar-refractivity contribution in [1.82, 2.24) is 5.32 Å². The van der Waals surface area contributed by atoms with E-state index in [1.807, 2.05) is 24.3 Å². The molecule has 0 spiro atoms. The molecule has 1 saturated carbocycles. The first kappa shape index (κ1) is 16.0. The van der Waals surface area contributed by atoms with Gasteiger partial charge in [-0.3, -0.25) is 4.79 Å². The second kappa shape index (κ2) is 6.69. The number of benzene rings is 2. The van der Waals surface area contributed by atoms with Crippen LogP contribution >= 0.6 is 11.6 Å². The summed E-state index contributed by atoms with van der Waals surface area (Å²) >= 11 is 5.86. The van der Waals surface area contributed by atoms with Crippen LogP contribution in [0.5, 0.6) is 0 Å². The maximum absolute atomic E-state index is 12.8. The van der Waals surface area contributed by atoms with E-state index in [1.165, 1.54) is 24.3 Å². The highest BCUT2D eigenvalue weighted by Crippen LogP contribution is 2.47. The molecule has 0 saturated heterocycles. The Labute approximate surface area is 139 Å². The number of aliphatic hydroxyl groups is 1. The average Bonchev–Trinajstić information content (AvgIpc) is 3.34. The maximum atomic E-state index is 12.8. The standard InChI is InChI=1S/C18H17ClFNO2/c19-13-5-1-11(2-6-13)15-9-16(15)18(23)21-10-17(22)12-3-7-14(20)8-4-12/h1-8,15-17,22H,9-10H2,(H,21,23). The van der Waals surface area contributed by atoms with Crippen molar-refractivity contribution in [3.05, 3.63) is 70.5 Å². The van der Waals surface area contributed by atoms with E-state index in [9.17, 15) is 14.3 Å². The molecule has 1 aliphatic rings. The topological polar surface area (TPSA) is 49.3 Å². The smallest absolute Gasteiger partial charge is 0.223 e. The molecule has 2 aromatic carbocycles. The molecule has 3 unspecified atom stereocenters. The van der Waals surface area contributed by atoms with Crippen LogP contribution in [-0.2, 0) is 4.79 Å². The second-order valence-electron chi connectivity index (χ2n) is 5.81. The number of nitrogens with one attached hydrogen (secondary N) is 1. The first-order chi connectivity index (χ1) is 11.0. The Morgan fingerprint density at radius 2 is 1.87 bits per heavy atom. The molecule has 0 bridgehead atoms. The molecule has 0 radical (unpaired) electrons. The molecule has 2 N–H and O–H groups in total. The lowest BCUT2D eigenvalue weighted by atomic mass is 10.1. The summed E-state index contributed by atoms with van der Waals surface area (Å²) in [6, 6.07) is 13.1. The Morgan fingerprint density at radius 1 is 1.22 bits per heavy atom. The van der Waals surface area contributed by atoms with Crippen LogP contribution in [0.1, 0.15) is 29.6 Å². The molecule has 1 fully saturated rings. The predicted octanol–water partition coefficient (Wildman–Crippen LogP) is 3.43. The average molecular weight is 334 g/mol. The Balaban J connectivity index is 1.50. The van der Waals surface area contributed by atoms with Gasteiger partial charge >= 0.3 is 0 Å². The van der Waals surface area contributed by atoms with Gasteiger partial charge in [0.15, 0.2) is 0 Å². The molecule has 1 amide bonds. The fourth-order valence-electron chi connectivity index (χ4n) is 2.69. The van der Waals surface area contributed by atoms with Crippen molar-refractivity contribution in [2.75, 3.05) is 6.54 Å². The van der Waals surface area contributed by atoms with Crippen LogP contribution in [0, 0.1) is 11.7 Å². The van der Waals surface area contributed by atoms with E-state index in [2.05, 4.69) is 5.32 Å². The molecular weight excluding hydrogens is 317 g/mol. The lowest BCUT2D eigenvalue weighted by molar-refractivity contribution is -0.122. The van der Waals surface area contributed by atoms with E-state index < -0.39 is 6.10 Å². The minimum Gasteiger partial charge on any atom is -0.387 e. The fraction of sp³-hybridized carbons (Fsp3) is 0.278. The Kier molecular flexibility index (Phi) is 4.64. The first-order valence-corrected chi connectivity index (χ1v) is 7.89. The van der Waals surface area contributed by atoms with E-state index in [1.54, 1.807) is 0 Å². The molecule has 120 valence electrons. The van der Waals surface area contributed by atoms with Crippen LogP contribution in [0.4, 0.5) is 4.39 Å². The third kappa shape index (κ3) is 3.89. The second-order valence-corrected chi connectivity index (χ2v) is 6.25. The minimum absolute atomic E-state index is 0.0587. The summed E-state index contributed by atoms with van der Waals surface area (Å²) in [5.74, 6) is -0.258. The highest BCUT2D eigenvalue weighted by atomic mass is 35.5. The van der Waals surface area contributed by atoms with E-state index in [-0.39, 0.29) is 30.1 Å². The zero-order chi connectivity index (χ0) is 16.4. The Hall–Kier alpha value is -1.91. The molecule has 3 atom stereocenters. The van der Waals surface area contributed by atoms with Gasteiger partial charge in [-0.1, -0.05) is 35.9 Å². The molecule has 0 heterocycles. The third-order valence-corrected chi connectivity index (χ3v) is 4.40. The lowest BCUT2D eigenvalue weighted by Crippen LogP contribution is -2.30. The summed E-state index contributed by atoms with van der Waals surface area (Å²) < 4.78 is 12.8. The van der Waals surface area contributed by atoms with Crippen molar-refractivity contribution >= 4 is 17.5 Å². The summed E-state index contributed by atoms with van der Waals surface area (Å²) in [6.45, 7) is 0.119. The third-order valence-electron chi connectivity index (χ3n) is 4.15. The van der Waals surface area contributed by atoms with E-state index in [4.69, 9.17) is 11.6 Å². The molecule has 2 aromatic rings. The molecule has 23 heavy (non-hydrogen) atoms. The number of halogens is 2. The van der Waals surface area contributed by atoms with Gasteiger partial charge in [0.05, 0.1) is 6.10 Å². The van der Waals surface area contributed by atoms with Gasteiger partial charge in [0.25, 0.3) is 0 Å². The van der Waals surface area contributed by atoms with Gasteiger partial charge in [-0.05, 0) is 47.7 Å². The molecule has 0 aliphatic heterocycles. The van der Waals surface area contributed by atoms with Gasteiger partial charge in [0, 0.05) is 17.5 Å². The zero-order valence-electron chi connectivity index (χ0n) is 12.4. The van der Waals surface area contributed by atoms with Crippen molar-refractivity contribution in [3.63, 3.8) is 0 Å². The highest BCUT2D eigenvalue weighted by Gasteiger charge is 2.43. The number of carbonyl (C=O) groups excluding carboxylic acids is 1. The Bertz CT molecular complexity index is 687. The van der Waals surface area contributed by atoms with E-state index in [0.717, 1.165) is 12.0 Å². The maximum Gasteiger partial charge on any atom is 0.223 e. The summed E-state index contributed by atoms with van der Waals surface area (Å²) in [4.78, 5) is 12.1. The lowest BCUT2D eigenvalue weighted by Gasteiger charge is -2.12. The summed E-state index contributed by atoms with van der Waals surface area (Å²) in [7, 11) is 0. The van der Waals surface area contributed by atoms with Crippen molar-refractivity contribution in [1.29, 1.82) is 0 Å². The van der Waals surface area contributed by atoms with Crippen LogP contribution in [0.15, 0.2) is 48.5 Å². The van der Waals surface area contributed by atoms with Crippen molar-refractivity contribution in [2.45, 2.75) is 18.4 Å². The molecule has 3 rings (SSSR count). The van der Waals surface area contributed by atoms with Crippen LogP contribution in [0.25, 0.3) is 0 Å². The molecule has 0 aromatic heterocycles. The van der Waals surface area contributed by atoms with Crippen LogP contribution in [0.3, 0.4) is 0 Å². The number of carbonyl (C=O) groups is 1. The Morgan fingerprint density at radius 3 is 2.52 bits per heavy atom. The highest BCUT2D eigenvalue weighted by molar-refractivity contribution is 6.30. The quantitative estimate of drug-likeness (QED) is 0.880. The van der Waals surface area contributed by atoms with Crippen LogP contribution in [-0.4, -0.2) is 17.6 Å². The monoisotopic (exact) mass is 333 g/mol. The van der Waals surface area contributed by atoms with Gasteiger partial charge in [0.1, 0.15) is 5.82 Å².